The summed E-state index contributed by atoms with van der Waals surface area (Å²) in [7, 11) is 0. The molecule has 0 unspecified atom stereocenters. The summed E-state index contributed by atoms with van der Waals surface area (Å²) < 4.78 is 2.22. The third kappa shape index (κ3) is 6.47. The van der Waals surface area contributed by atoms with Gasteiger partial charge in [0.2, 0.25) is 0 Å². The number of ketones is 1. The summed E-state index contributed by atoms with van der Waals surface area (Å²) in [5.41, 5.74) is 5.32. The van der Waals surface area contributed by atoms with E-state index in [1.165, 1.54) is 13.3 Å². The Bertz CT molecular complexity index is 1500. The maximum absolute atomic E-state index is 13.6. The number of oxime groups is 1. The van der Waals surface area contributed by atoms with Crippen LogP contribution in [0.2, 0.25) is 0 Å². The second-order valence-electron chi connectivity index (χ2n) is 10.4. The molecule has 3 aromatic carbocycles. The van der Waals surface area contributed by atoms with Crippen molar-refractivity contribution in [3.63, 3.8) is 0 Å². The number of Topliss-reactive ketones (excluding diaryl/α,β-unsaturated/α-hetero) is 1. The molecule has 0 saturated carbocycles. The number of aromatic nitrogens is 2. The van der Waals surface area contributed by atoms with Crippen LogP contribution >= 0.6 is 0 Å². The lowest BCUT2D eigenvalue weighted by Crippen LogP contribution is -2.31. The average Bonchev–Trinajstić information content (AvgIpc) is 3.43. The van der Waals surface area contributed by atoms with Crippen LogP contribution in [0.3, 0.4) is 0 Å². The molecule has 4 aromatic rings. The van der Waals surface area contributed by atoms with Gasteiger partial charge in [0.05, 0.1) is 23.3 Å². The molecule has 1 amide bonds. The van der Waals surface area contributed by atoms with Crippen LogP contribution in [0.25, 0.3) is 11.0 Å². The first kappa shape index (κ1) is 28.7. The van der Waals surface area contributed by atoms with Gasteiger partial charge in [0.1, 0.15) is 12.4 Å². The topological polar surface area (TPSA) is 76.8 Å². The predicted octanol–water partition coefficient (Wildman–Crippen LogP) is 7.17. The molecule has 40 heavy (non-hydrogen) atoms. The van der Waals surface area contributed by atoms with E-state index in [1.54, 1.807) is 17.0 Å². The van der Waals surface area contributed by atoms with Crippen molar-refractivity contribution in [3.8, 4) is 0 Å². The van der Waals surface area contributed by atoms with Gasteiger partial charge in [-0.1, -0.05) is 93.9 Å². The van der Waals surface area contributed by atoms with Gasteiger partial charge in [-0.3, -0.25) is 14.5 Å². The molecule has 0 aliphatic carbocycles. The maximum Gasteiger partial charge on any atom is 0.281 e. The molecule has 1 aliphatic heterocycles. The van der Waals surface area contributed by atoms with Crippen LogP contribution < -0.4 is 4.90 Å². The minimum atomic E-state index is -0.212. The number of anilines is 1. The van der Waals surface area contributed by atoms with E-state index in [0.29, 0.717) is 18.0 Å². The van der Waals surface area contributed by atoms with Gasteiger partial charge in [0.25, 0.3) is 5.91 Å². The maximum atomic E-state index is 13.6. The van der Waals surface area contributed by atoms with Gasteiger partial charge in [0, 0.05) is 17.7 Å². The number of carbonyl (C=O) groups is 2. The number of nitrogens with zero attached hydrogens (tertiary/aromatic N) is 4. The Morgan fingerprint density at radius 3 is 2.35 bits per heavy atom. The molecule has 7 nitrogen and oxygen atoms in total. The van der Waals surface area contributed by atoms with E-state index in [4.69, 9.17) is 9.82 Å². The summed E-state index contributed by atoms with van der Waals surface area (Å²) in [4.78, 5) is 37.3. The van der Waals surface area contributed by atoms with E-state index in [2.05, 4.69) is 43.5 Å². The standard InChI is InChI=1S/C30H30N4O3.C3H8/c1-20(2)16-17-33-27-11-7-5-9-25(27)31-28(33)18-34-26-10-6-4-8-24(26)29(30(34)36)32-37-19-22-12-14-23(15-13-22)21(3)35;1-3-2/h4-15,20H,16-19H2,1-3H3;3H2,1-2H3. The van der Waals surface area contributed by atoms with Gasteiger partial charge < -0.3 is 9.40 Å². The van der Waals surface area contributed by atoms with Crippen LogP contribution in [0.1, 0.15) is 74.8 Å². The first-order chi connectivity index (χ1) is 19.3. The molecular weight excluding hydrogens is 500 g/mol. The quantitative estimate of drug-likeness (QED) is 0.167. The Morgan fingerprint density at radius 2 is 1.65 bits per heavy atom. The number of amides is 1. The fraction of sp³-hybridized carbons (Fsp3) is 0.333. The molecule has 1 aromatic heterocycles. The number of imidazole rings is 1. The summed E-state index contributed by atoms with van der Waals surface area (Å²) in [6.45, 7) is 11.6. The van der Waals surface area contributed by atoms with Crippen LogP contribution in [0, 0.1) is 5.92 Å². The molecule has 5 rings (SSSR count). The molecule has 208 valence electrons. The minimum absolute atomic E-state index is 0.0127. The Hall–Kier alpha value is -4.26. The molecule has 1 aliphatic rings. The monoisotopic (exact) mass is 538 g/mol. The van der Waals surface area contributed by atoms with E-state index in [1.807, 2.05) is 54.6 Å². The van der Waals surface area contributed by atoms with Crippen LogP contribution in [0.4, 0.5) is 5.69 Å². The fourth-order valence-electron chi connectivity index (χ4n) is 4.54. The van der Waals surface area contributed by atoms with E-state index in [9.17, 15) is 9.59 Å². The summed E-state index contributed by atoms with van der Waals surface area (Å²) >= 11 is 0. The molecule has 2 heterocycles. The van der Waals surface area contributed by atoms with Crippen molar-refractivity contribution in [2.75, 3.05) is 4.90 Å². The second-order valence-corrected chi connectivity index (χ2v) is 10.4. The van der Waals surface area contributed by atoms with Crippen molar-refractivity contribution in [1.29, 1.82) is 0 Å². The zero-order valence-electron chi connectivity index (χ0n) is 24.1. The predicted molar refractivity (Wildman–Crippen MR) is 161 cm³/mol. The number of hydrogen-bond acceptors (Lipinski definition) is 5. The molecule has 0 radical (unpaired) electrons. The fourth-order valence-corrected chi connectivity index (χ4v) is 4.54. The summed E-state index contributed by atoms with van der Waals surface area (Å²) in [6, 6.07) is 22.9. The van der Waals surface area contributed by atoms with E-state index in [0.717, 1.165) is 46.6 Å². The number of benzene rings is 3. The SMILES string of the molecule is CC(=O)c1ccc(CON=C2C(=O)N(Cc3nc4ccccc4n3CCC(C)C)c3ccccc32)cc1.CCC. The average molecular weight is 539 g/mol. The number of para-hydroxylation sites is 3. The van der Waals surface area contributed by atoms with Crippen LogP contribution in [0.5, 0.6) is 0 Å². The molecule has 0 fully saturated rings. The zero-order chi connectivity index (χ0) is 28.6. The molecule has 0 spiro atoms. The summed E-state index contributed by atoms with van der Waals surface area (Å²) in [5, 5.41) is 4.25. The van der Waals surface area contributed by atoms with Crippen molar-refractivity contribution >= 4 is 34.1 Å². The Morgan fingerprint density at radius 1 is 0.975 bits per heavy atom. The summed E-state index contributed by atoms with van der Waals surface area (Å²) in [6.07, 6.45) is 2.27. The lowest BCUT2D eigenvalue weighted by molar-refractivity contribution is -0.112. The Labute approximate surface area is 236 Å². The van der Waals surface area contributed by atoms with Crippen molar-refractivity contribution in [1.82, 2.24) is 9.55 Å². The number of aryl methyl sites for hydroxylation is 1. The lowest BCUT2D eigenvalue weighted by atomic mass is 10.1. The van der Waals surface area contributed by atoms with Crippen molar-refractivity contribution in [2.45, 2.75) is 67.2 Å². The van der Waals surface area contributed by atoms with E-state index in [-0.39, 0.29) is 24.0 Å². The molecule has 0 atom stereocenters. The lowest BCUT2D eigenvalue weighted by Gasteiger charge is -2.18. The van der Waals surface area contributed by atoms with Crippen LogP contribution in [-0.2, 0) is 29.3 Å². The first-order valence-electron chi connectivity index (χ1n) is 14.0. The third-order valence-electron chi connectivity index (χ3n) is 6.61. The number of carbonyl (C=O) groups excluding carboxylic acids is 2. The second kappa shape index (κ2) is 13.2. The highest BCUT2D eigenvalue weighted by molar-refractivity contribution is 6.54. The number of fused-ring (bicyclic) bond motifs is 2. The molecule has 0 bridgehead atoms. The minimum Gasteiger partial charge on any atom is -0.390 e. The van der Waals surface area contributed by atoms with Gasteiger partial charge in [-0.25, -0.2) is 4.98 Å². The van der Waals surface area contributed by atoms with Crippen LogP contribution in [-0.4, -0.2) is 27.0 Å². The van der Waals surface area contributed by atoms with E-state index < -0.39 is 0 Å². The van der Waals surface area contributed by atoms with Crippen molar-refractivity contribution in [2.24, 2.45) is 11.1 Å². The van der Waals surface area contributed by atoms with E-state index >= 15 is 0 Å². The van der Waals surface area contributed by atoms with Crippen LogP contribution in [0.15, 0.2) is 78.0 Å². The molecular formula is C33H38N4O3. The molecule has 0 saturated heterocycles. The number of rotatable bonds is 9. The highest BCUT2D eigenvalue weighted by atomic mass is 16.6. The first-order valence-corrected chi connectivity index (χ1v) is 14.0. The smallest absolute Gasteiger partial charge is 0.281 e. The van der Waals surface area contributed by atoms with Gasteiger partial charge in [-0.05, 0) is 43.0 Å². The van der Waals surface area contributed by atoms with Crippen molar-refractivity contribution < 1.29 is 14.4 Å². The normalized spacial score (nSPS) is 13.5. The number of hydrogen-bond donors (Lipinski definition) is 0. The highest BCUT2D eigenvalue weighted by Crippen LogP contribution is 2.31. The Balaban J connectivity index is 0.00000118. The van der Waals surface area contributed by atoms with Gasteiger partial charge in [0.15, 0.2) is 11.5 Å². The Kier molecular flexibility index (Phi) is 9.48. The molecule has 7 heteroatoms. The van der Waals surface area contributed by atoms with Gasteiger partial charge >= 0.3 is 0 Å². The summed E-state index contributed by atoms with van der Waals surface area (Å²) in [5.74, 6) is 1.20. The van der Waals surface area contributed by atoms with Gasteiger partial charge in [-0.2, -0.15) is 0 Å². The highest BCUT2D eigenvalue weighted by Gasteiger charge is 2.35. The van der Waals surface area contributed by atoms with Crippen molar-refractivity contribution in [3.05, 3.63) is 95.3 Å². The zero-order valence-corrected chi connectivity index (χ0v) is 24.1. The largest absolute Gasteiger partial charge is 0.390 e. The third-order valence-corrected chi connectivity index (χ3v) is 6.61. The van der Waals surface area contributed by atoms with Gasteiger partial charge in [-0.15, -0.1) is 0 Å². The molecule has 0 N–H and O–H groups in total.